The predicted octanol–water partition coefficient (Wildman–Crippen LogP) is 5.44. The number of hydrogen-bond donors (Lipinski definition) is 1. The minimum atomic E-state index is 0.149. The summed E-state index contributed by atoms with van der Waals surface area (Å²) in [5.41, 5.74) is 0. The highest BCUT2D eigenvalue weighted by Gasteiger charge is 2.00. The Bertz CT molecular complexity index is 453. The Morgan fingerprint density at radius 3 is 1.76 bits per heavy atom. The fourth-order valence-corrected chi connectivity index (χ4v) is 1.16. The van der Waals surface area contributed by atoms with Gasteiger partial charge in [0.05, 0.1) is 0 Å². The average Bonchev–Trinajstić information content (AvgIpc) is 2.55. The molecule has 0 amide bonds. The van der Waals surface area contributed by atoms with Crippen molar-refractivity contribution in [3.05, 3.63) is 54.6 Å². The quantitative estimate of drug-likeness (QED) is 0.749. The van der Waals surface area contributed by atoms with Gasteiger partial charge in [0.25, 0.3) is 0 Å². The standard InChI is InChI=1S/C12H10O2.C2H4O.2C2H6/c13-11-8-4-5-9-12(11)14-10-6-2-1-3-7-10;1-2-3;2*1-2/h1-9,13H;2H,1H3;2*1-2H3. The monoisotopic (exact) mass is 290 g/mol. The molecule has 3 heteroatoms. The topological polar surface area (TPSA) is 46.5 Å². The molecule has 2 aromatic carbocycles. The molecule has 0 atom stereocenters. The van der Waals surface area contributed by atoms with Gasteiger partial charge in [-0.25, -0.2) is 0 Å². The van der Waals surface area contributed by atoms with Gasteiger partial charge in [-0.1, -0.05) is 58.0 Å². The molecule has 116 valence electrons. The van der Waals surface area contributed by atoms with E-state index in [4.69, 9.17) is 9.53 Å². The molecule has 21 heavy (non-hydrogen) atoms. The number of aldehydes is 1. The molecular formula is C18H26O3. The number of rotatable bonds is 2. The Morgan fingerprint density at radius 2 is 1.29 bits per heavy atom. The van der Waals surface area contributed by atoms with Gasteiger partial charge < -0.3 is 14.6 Å². The van der Waals surface area contributed by atoms with Crippen molar-refractivity contribution < 1.29 is 14.6 Å². The number of carbonyl (C=O) groups excluding carboxylic acids is 1. The summed E-state index contributed by atoms with van der Waals surface area (Å²) in [6.45, 7) is 9.44. The van der Waals surface area contributed by atoms with Gasteiger partial charge in [-0.3, -0.25) is 0 Å². The lowest BCUT2D eigenvalue weighted by atomic mass is 10.3. The SMILES string of the molecule is CC.CC.CC=O.Oc1ccccc1Oc1ccccc1. The summed E-state index contributed by atoms with van der Waals surface area (Å²) < 4.78 is 5.46. The zero-order valence-corrected chi connectivity index (χ0v) is 13.5. The summed E-state index contributed by atoms with van der Waals surface area (Å²) in [4.78, 5) is 8.81. The summed E-state index contributed by atoms with van der Waals surface area (Å²) in [6, 6.07) is 16.3. The summed E-state index contributed by atoms with van der Waals surface area (Å²) in [5, 5.41) is 9.45. The highest BCUT2D eigenvalue weighted by Crippen LogP contribution is 2.29. The fourth-order valence-electron chi connectivity index (χ4n) is 1.16. The second-order valence-electron chi connectivity index (χ2n) is 3.12. The van der Waals surface area contributed by atoms with Gasteiger partial charge in [0.2, 0.25) is 0 Å². The van der Waals surface area contributed by atoms with E-state index >= 15 is 0 Å². The van der Waals surface area contributed by atoms with Gasteiger partial charge in [0, 0.05) is 0 Å². The maximum absolute atomic E-state index is 9.45. The van der Waals surface area contributed by atoms with Crippen molar-refractivity contribution in [1.29, 1.82) is 0 Å². The van der Waals surface area contributed by atoms with Crippen LogP contribution in [0.4, 0.5) is 0 Å². The van der Waals surface area contributed by atoms with E-state index in [1.165, 1.54) is 6.92 Å². The number of hydrogen-bond acceptors (Lipinski definition) is 3. The Labute approximate surface area is 128 Å². The van der Waals surface area contributed by atoms with Crippen molar-refractivity contribution in [3.8, 4) is 17.2 Å². The largest absolute Gasteiger partial charge is 0.504 e. The molecule has 0 spiro atoms. The predicted molar refractivity (Wildman–Crippen MR) is 89.1 cm³/mol. The van der Waals surface area contributed by atoms with Gasteiger partial charge in [-0.05, 0) is 31.2 Å². The first-order chi connectivity index (χ1) is 10.3. The lowest BCUT2D eigenvalue weighted by molar-refractivity contribution is -0.106. The van der Waals surface area contributed by atoms with E-state index in [9.17, 15) is 5.11 Å². The Balaban J connectivity index is 0. The van der Waals surface area contributed by atoms with Crippen molar-refractivity contribution in [2.24, 2.45) is 0 Å². The van der Waals surface area contributed by atoms with E-state index in [2.05, 4.69) is 0 Å². The van der Waals surface area contributed by atoms with E-state index in [-0.39, 0.29) is 5.75 Å². The maximum Gasteiger partial charge on any atom is 0.169 e. The normalized spacial score (nSPS) is 7.67. The third-order valence-electron chi connectivity index (χ3n) is 1.84. The lowest BCUT2D eigenvalue weighted by Gasteiger charge is -2.06. The molecule has 0 aliphatic heterocycles. The number of phenolic OH excluding ortho intramolecular Hbond substituents is 1. The van der Waals surface area contributed by atoms with Crippen LogP contribution in [0.1, 0.15) is 34.6 Å². The Hall–Kier alpha value is -2.29. The number of aromatic hydroxyl groups is 1. The minimum absolute atomic E-state index is 0.149. The summed E-state index contributed by atoms with van der Waals surface area (Å²) in [6.07, 6.45) is 0.750. The van der Waals surface area contributed by atoms with Crippen LogP contribution in [-0.4, -0.2) is 11.4 Å². The molecule has 3 nitrogen and oxygen atoms in total. The highest BCUT2D eigenvalue weighted by molar-refractivity contribution is 5.44. The van der Waals surface area contributed by atoms with Gasteiger partial charge in [0.1, 0.15) is 12.0 Å². The molecule has 0 fully saturated rings. The van der Waals surface area contributed by atoms with Crippen molar-refractivity contribution in [2.75, 3.05) is 0 Å². The third-order valence-corrected chi connectivity index (χ3v) is 1.84. The molecule has 2 aromatic rings. The summed E-state index contributed by atoms with van der Waals surface area (Å²) >= 11 is 0. The van der Waals surface area contributed by atoms with E-state index in [1.54, 1.807) is 18.2 Å². The second kappa shape index (κ2) is 15.8. The van der Waals surface area contributed by atoms with Crippen LogP contribution in [0.2, 0.25) is 0 Å². The molecule has 0 aliphatic rings. The molecule has 0 unspecified atom stereocenters. The Kier molecular flexibility index (Phi) is 15.8. The zero-order valence-electron chi connectivity index (χ0n) is 13.5. The molecule has 1 N–H and O–H groups in total. The smallest absolute Gasteiger partial charge is 0.169 e. The number of ether oxygens (including phenoxy) is 1. The van der Waals surface area contributed by atoms with Gasteiger partial charge in [0.15, 0.2) is 11.5 Å². The number of phenols is 1. The van der Waals surface area contributed by atoms with Crippen LogP contribution in [0.25, 0.3) is 0 Å². The number of benzene rings is 2. The first-order valence-corrected chi connectivity index (χ1v) is 7.18. The molecule has 2 rings (SSSR count). The zero-order chi connectivity index (χ0) is 16.5. The van der Waals surface area contributed by atoms with Gasteiger partial charge in [-0.15, -0.1) is 0 Å². The maximum atomic E-state index is 9.45. The van der Waals surface area contributed by atoms with Crippen LogP contribution in [0.15, 0.2) is 54.6 Å². The first-order valence-electron chi connectivity index (χ1n) is 7.18. The molecule has 0 bridgehead atoms. The molecule has 0 saturated heterocycles. The molecule has 0 heterocycles. The van der Waals surface area contributed by atoms with Crippen LogP contribution in [0.3, 0.4) is 0 Å². The fraction of sp³-hybridized carbons (Fsp3) is 0.278. The van der Waals surface area contributed by atoms with Crippen molar-refractivity contribution in [1.82, 2.24) is 0 Å². The van der Waals surface area contributed by atoms with Crippen molar-refractivity contribution >= 4 is 6.29 Å². The Morgan fingerprint density at radius 1 is 0.857 bits per heavy atom. The van der Waals surface area contributed by atoms with E-state index in [0.717, 1.165) is 6.29 Å². The minimum Gasteiger partial charge on any atom is -0.504 e. The van der Waals surface area contributed by atoms with Gasteiger partial charge in [-0.2, -0.15) is 0 Å². The molecule has 0 aliphatic carbocycles. The van der Waals surface area contributed by atoms with Crippen molar-refractivity contribution in [2.45, 2.75) is 34.6 Å². The number of para-hydroxylation sites is 3. The van der Waals surface area contributed by atoms with Crippen LogP contribution >= 0.6 is 0 Å². The summed E-state index contributed by atoms with van der Waals surface area (Å²) in [7, 11) is 0. The second-order valence-corrected chi connectivity index (χ2v) is 3.12. The van der Waals surface area contributed by atoms with Gasteiger partial charge >= 0.3 is 0 Å². The van der Waals surface area contributed by atoms with Crippen LogP contribution in [-0.2, 0) is 4.79 Å². The molecule has 0 saturated carbocycles. The molecule has 0 radical (unpaired) electrons. The highest BCUT2D eigenvalue weighted by atomic mass is 16.5. The first kappa shape index (κ1) is 21.0. The van der Waals surface area contributed by atoms with Crippen LogP contribution < -0.4 is 4.74 Å². The number of carbonyl (C=O) groups is 1. The average molecular weight is 290 g/mol. The summed E-state index contributed by atoms with van der Waals surface area (Å²) in [5.74, 6) is 1.34. The lowest BCUT2D eigenvalue weighted by Crippen LogP contribution is -1.83. The van der Waals surface area contributed by atoms with Crippen LogP contribution in [0, 0.1) is 0 Å². The third kappa shape index (κ3) is 10.2. The van der Waals surface area contributed by atoms with E-state index in [1.807, 2.05) is 64.1 Å². The van der Waals surface area contributed by atoms with E-state index in [0.29, 0.717) is 11.5 Å². The molecular weight excluding hydrogens is 264 g/mol. The van der Waals surface area contributed by atoms with Crippen molar-refractivity contribution in [3.63, 3.8) is 0 Å². The molecule has 0 aromatic heterocycles. The van der Waals surface area contributed by atoms with E-state index < -0.39 is 0 Å². The van der Waals surface area contributed by atoms with Crippen LogP contribution in [0.5, 0.6) is 17.2 Å².